The lowest BCUT2D eigenvalue weighted by molar-refractivity contribution is 0.848. The van der Waals surface area contributed by atoms with Gasteiger partial charge < -0.3 is 5.32 Å². The van der Waals surface area contributed by atoms with E-state index in [0.717, 1.165) is 22.3 Å². The minimum absolute atomic E-state index is 0.0578. The van der Waals surface area contributed by atoms with Crippen LogP contribution in [-0.2, 0) is 0 Å². The van der Waals surface area contributed by atoms with Crippen LogP contribution in [0.25, 0.3) is 0 Å². The molecule has 1 heterocycles. The molecule has 0 aliphatic rings. The van der Waals surface area contributed by atoms with Crippen LogP contribution in [0.5, 0.6) is 0 Å². The van der Waals surface area contributed by atoms with E-state index >= 15 is 0 Å². The SMILES string of the molecule is C#CC(CC)Nc1ncc(Br)cc1C. The molecule has 74 valence electrons. The van der Waals surface area contributed by atoms with E-state index in [1.54, 1.807) is 6.20 Å². The molecule has 0 radical (unpaired) electrons. The topological polar surface area (TPSA) is 24.9 Å². The second-order valence-electron chi connectivity index (χ2n) is 3.09. The number of aryl methyl sites for hydroxylation is 1. The molecule has 0 aromatic carbocycles. The van der Waals surface area contributed by atoms with Gasteiger partial charge in [-0.25, -0.2) is 4.98 Å². The van der Waals surface area contributed by atoms with Crippen LogP contribution in [0.4, 0.5) is 5.82 Å². The van der Waals surface area contributed by atoms with E-state index in [1.165, 1.54) is 0 Å². The van der Waals surface area contributed by atoms with Gasteiger partial charge in [-0.2, -0.15) is 0 Å². The molecule has 0 aliphatic heterocycles. The molecule has 0 saturated carbocycles. The van der Waals surface area contributed by atoms with Crippen LogP contribution in [0, 0.1) is 19.3 Å². The third-order valence-corrected chi connectivity index (χ3v) is 2.40. The van der Waals surface area contributed by atoms with Crippen molar-refractivity contribution in [1.82, 2.24) is 4.98 Å². The first-order chi connectivity index (χ1) is 6.67. The van der Waals surface area contributed by atoms with Gasteiger partial charge in [0.15, 0.2) is 0 Å². The Bertz CT molecular complexity index is 355. The normalized spacial score (nSPS) is 11.9. The minimum atomic E-state index is 0.0578. The van der Waals surface area contributed by atoms with E-state index in [2.05, 4.69) is 32.2 Å². The Hall–Kier alpha value is -1.01. The van der Waals surface area contributed by atoms with Crippen molar-refractivity contribution in [1.29, 1.82) is 0 Å². The first-order valence-electron chi connectivity index (χ1n) is 4.52. The third-order valence-electron chi connectivity index (χ3n) is 1.97. The predicted octanol–water partition coefficient (Wildman–Crippen LogP) is 2.98. The van der Waals surface area contributed by atoms with Crippen molar-refractivity contribution in [2.24, 2.45) is 0 Å². The van der Waals surface area contributed by atoms with Gasteiger partial charge >= 0.3 is 0 Å². The number of hydrogen-bond acceptors (Lipinski definition) is 2. The molecule has 1 aromatic rings. The van der Waals surface area contributed by atoms with Crippen LogP contribution < -0.4 is 5.32 Å². The summed E-state index contributed by atoms with van der Waals surface area (Å²) in [4.78, 5) is 4.26. The smallest absolute Gasteiger partial charge is 0.129 e. The molecule has 0 saturated heterocycles. The summed E-state index contributed by atoms with van der Waals surface area (Å²) in [5.41, 5.74) is 1.09. The summed E-state index contributed by atoms with van der Waals surface area (Å²) in [6.07, 6.45) is 8.02. The van der Waals surface area contributed by atoms with E-state index in [1.807, 2.05) is 19.9 Å². The third kappa shape index (κ3) is 2.74. The summed E-state index contributed by atoms with van der Waals surface area (Å²) in [6, 6.07) is 2.07. The Morgan fingerprint density at radius 1 is 1.71 bits per heavy atom. The first kappa shape index (κ1) is 11.1. The monoisotopic (exact) mass is 252 g/mol. The fourth-order valence-corrected chi connectivity index (χ4v) is 1.56. The van der Waals surface area contributed by atoms with Crippen LogP contribution >= 0.6 is 15.9 Å². The average Bonchev–Trinajstić information content (AvgIpc) is 2.17. The van der Waals surface area contributed by atoms with Gasteiger partial charge in [-0.3, -0.25) is 0 Å². The predicted molar refractivity (Wildman–Crippen MR) is 63.2 cm³/mol. The fourth-order valence-electron chi connectivity index (χ4n) is 1.12. The van der Waals surface area contributed by atoms with Gasteiger partial charge in [-0.1, -0.05) is 12.8 Å². The molecule has 14 heavy (non-hydrogen) atoms. The Balaban J connectivity index is 2.82. The van der Waals surface area contributed by atoms with Gasteiger partial charge in [0.2, 0.25) is 0 Å². The van der Waals surface area contributed by atoms with E-state index < -0.39 is 0 Å². The van der Waals surface area contributed by atoms with Crippen LogP contribution in [0.15, 0.2) is 16.7 Å². The zero-order valence-electron chi connectivity index (χ0n) is 8.34. The van der Waals surface area contributed by atoms with Crippen LogP contribution in [0.2, 0.25) is 0 Å². The molecule has 1 aromatic heterocycles. The Morgan fingerprint density at radius 3 is 2.93 bits per heavy atom. The number of nitrogens with one attached hydrogen (secondary N) is 1. The maximum Gasteiger partial charge on any atom is 0.129 e. The Morgan fingerprint density at radius 2 is 2.43 bits per heavy atom. The molecule has 0 bridgehead atoms. The van der Waals surface area contributed by atoms with Crippen molar-refractivity contribution in [2.75, 3.05) is 5.32 Å². The van der Waals surface area contributed by atoms with Crippen molar-refractivity contribution in [3.05, 3.63) is 22.3 Å². The van der Waals surface area contributed by atoms with Crippen LogP contribution in [0.3, 0.4) is 0 Å². The molecule has 0 aliphatic carbocycles. The molecule has 0 amide bonds. The van der Waals surface area contributed by atoms with Crippen molar-refractivity contribution >= 4 is 21.7 Å². The largest absolute Gasteiger partial charge is 0.356 e. The highest BCUT2D eigenvalue weighted by Crippen LogP contribution is 2.17. The van der Waals surface area contributed by atoms with Crippen LogP contribution in [-0.4, -0.2) is 11.0 Å². The number of anilines is 1. The number of terminal acetylenes is 1. The maximum atomic E-state index is 5.36. The van der Waals surface area contributed by atoms with E-state index in [9.17, 15) is 0 Å². The standard InChI is InChI=1S/C11H13BrN2/c1-4-10(5-2)14-11-8(3)6-9(12)7-13-11/h1,6-7,10H,5H2,2-3H3,(H,13,14). The summed E-state index contributed by atoms with van der Waals surface area (Å²) in [5.74, 6) is 3.54. The zero-order chi connectivity index (χ0) is 10.6. The molecule has 1 N–H and O–H groups in total. The molecule has 1 unspecified atom stereocenters. The summed E-state index contributed by atoms with van der Waals surface area (Å²) in [7, 11) is 0. The minimum Gasteiger partial charge on any atom is -0.356 e. The summed E-state index contributed by atoms with van der Waals surface area (Å²) in [6.45, 7) is 4.05. The number of nitrogens with zero attached hydrogens (tertiary/aromatic N) is 1. The molecule has 1 atom stereocenters. The molecule has 0 fully saturated rings. The lowest BCUT2D eigenvalue weighted by Gasteiger charge is -2.13. The molecular formula is C11H13BrN2. The quantitative estimate of drug-likeness (QED) is 0.837. The van der Waals surface area contributed by atoms with Crippen molar-refractivity contribution in [3.8, 4) is 12.3 Å². The number of aromatic nitrogens is 1. The summed E-state index contributed by atoms with van der Waals surface area (Å²) >= 11 is 3.37. The van der Waals surface area contributed by atoms with Gasteiger partial charge in [0.1, 0.15) is 5.82 Å². The van der Waals surface area contributed by atoms with Crippen LogP contribution in [0.1, 0.15) is 18.9 Å². The lowest BCUT2D eigenvalue weighted by atomic mass is 10.2. The number of hydrogen-bond donors (Lipinski definition) is 1. The molecule has 3 heteroatoms. The Labute approximate surface area is 93.3 Å². The Kier molecular flexibility index (Phi) is 3.97. The number of halogens is 1. The highest BCUT2D eigenvalue weighted by Gasteiger charge is 2.05. The van der Waals surface area contributed by atoms with Gasteiger partial charge in [-0.05, 0) is 40.9 Å². The lowest BCUT2D eigenvalue weighted by Crippen LogP contribution is -2.17. The first-order valence-corrected chi connectivity index (χ1v) is 5.31. The summed E-state index contributed by atoms with van der Waals surface area (Å²) in [5, 5.41) is 3.21. The van der Waals surface area contributed by atoms with Gasteiger partial charge in [0.05, 0.1) is 6.04 Å². The van der Waals surface area contributed by atoms with Crippen molar-refractivity contribution < 1.29 is 0 Å². The average molecular weight is 253 g/mol. The molecular weight excluding hydrogens is 240 g/mol. The summed E-state index contributed by atoms with van der Waals surface area (Å²) < 4.78 is 0.981. The molecule has 2 nitrogen and oxygen atoms in total. The zero-order valence-corrected chi connectivity index (χ0v) is 9.93. The molecule has 1 rings (SSSR count). The van der Waals surface area contributed by atoms with E-state index in [0.29, 0.717) is 0 Å². The van der Waals surface area contributed by atoms with E-state index in [4.69, 9.17) is 6.42 Å². The second-order valence-corrected chi connectivity index (χ2v) is 4.01. The van der Waals surface area contributed by atoms with Crippen molar-refractivity contribution in [3.63, 3.8) is 0 Å². The van der Waals surface area contributed by atoms with E-state index in [-0.39, 0.29) is 6.04 Å². The number of rotatable bonds is 3. The molecule has 0 spiro atoms. The highest BCUT2D eigenvalue weighted by atomic mass is 79.9. The van der Waals surface area contributed by atoms with Crippen molar-refractivity contribution in [2.45, 2.75) is 26.3 Å². The maximum absolute atomic E-state index is 5.36. The highest BCUT2D eigenvalue weighted by molar-refractivity contribution is 9.10. The number of pyridine rings is 1. The fraction of sp³-hybridized carbons (Fsp3) is 0.364. The second kappa shape index (κ2) is 5.02. The van der Waals surface area contributed by atoms with Gasteiger partial charge in [0, 0.05) is 10.7 Å². The van der Waals surface area contributed by atoms with Gasteiger partial charge in [-0.15, -0.1) is 6.42 Å². The van der Waals surface area contributed by atoms with Gasteiger partial charge in [0.25, 0.3) is 0 Å².